The van der Waals surface area contributed by atoms with Gasteiger partial charge in [-0.25, -0.2) is 4.79 Å². The Morgan fingerprint density at radius 1 is 1.04 bits per heavy atom. The average Bonchev–Trinajstić information content (AvgIpc) is 2.59. The van der Waals surface area contributed by atoms with Crippen molar-refractivity contribution in [2.75, 3.05) is 0 Å². The van der Waals surface area contributed by atoms with Crippen LogP contribution in [0.25, 0.3) is 0 Å². The maximum Gasteiger partial charge on any atom is 0.348 e. The minimum atomic E-state index is -0.477. The SMILES string of the molecule is C[C@@H](N=C1CCCCCCCc2cc(O)c1c(=O)o2)c1ccccc1. The molecule has 0 unspecified atom stereocenters. The number of rotatable bonds is 2. The highest BCUT2D eigenvalue weighted by molar-refractivity contribution is 6.02. The maximum absolute atomic E-state index is 12.5. The van der Waals surface area contributed by atoms with Crippen LogP contribution in [0.3, 0.4) is 0 Å². The van der Waals surface area contributed by atoms with E-state index < -0.39 is 5.63 Å². The lowest BCUT2D eigenvalue weighted by atomic mass is 10.00. The molecule has 1 aliphatic carbocycles. The maximum atomic E-state index is 12.5. The van der Waals surface area contributed by atoms with Gasteiger partial charge in [0.2, 0.25) is 0 Å². The number of hydrogen-bond donors (Lipinski definition) is 1. The molecule has 0 saturated heterocycles. The molecule has 4 heteroatoms. The van der Waals surface area contributed by atoms with Crippen LogP contribution in [-0.4, -0.2) is 10.8 Å². The van der Waals surface area contributed by atoms with E-state index in [1.807, 2.05) is 37.3 Å². The normalized spacial score (nSPS) is 18.5. The third kappa shape index (κ3) is 4.38. The summed E-state index contributed by atoms with van der Waals surface area (Å²) < 4.78 is 5.43. The fraction of sp³-hybridized carbons (Fsp3) is 0.429. The van der Waals surface area contributed by atoms with Crippen LogP contribution < -0.4 is 5.63 Å². The molecule has 25 heavy (non-hydrogen) atoms. The van der Waals surface area contributed by atoms with Crippen LogP contribution in [-0.2, 0) is 6.42 Å². The Bertz CT molecular complexity index is 793. The molecular formula is C21H25NO3. The van der Waals surface area contributed by atoms with Crippen molar-refractivity contribution >= 4 is 5.71 Å². The molecule has 1 atom stereocenters. The zero-order valence-electron chi connectivity index (χ0n) is 14.7. The molecule has 0 fully saturated rings. The largest absolute Gasteiger partial charge is 0.507 e. The summed E-state index contributed by atoms with van der Waals surface area (Å²) in [6.07, 6.45) is 6.70. The van der Waals surface area contributed by atoms with Crippen LogP contribution in [0.4, 0.5) is 0 Å². The third-order valence-electron chi connectivity index (χ3n) is 4.74. The van der Waals surface area contributed by atoms with Gasteiger partial charge in [-0.2, -0.15) is 0 Å². The van der Waals surface area contributed by atoms with Crippen LogP contribution in [0.1, 0.15) is 68.4 Å². The average molecular weight is 339 g/mol. The molecule has 2 heterocycles. The van der Waals surface area contributed by atoms with Crippen molar-refractivity contribution in [3.8, 4) is 5.75 Å². The highest BCUT2D eigenvalue weighted by Crippen LogP contribution is 2.24. The van der Waals surface area contributed by atoms with Gasteiger partial charge in [-0.05, 0) is 31.7 Å². The number of hydrogen-bond acceptors (Lipinski definition) is 4. The van der Waals surface area contributed by atoms with E-state index in [9.17, 15) is 9.90 Å². The number of nitrogens with zero attached hydrogens (tertiary/aromatic N) is 1. The summed E-state index contributed by atoms with van der Waals surface area (Å²) in [6.45, 7) is 2.01. The molecule has 2 aromatic rings. The molecule has 4 rings (SSSR count). The first kappa shape index (κ1) is 17.5. The molecule has 1 aromatic carbocycles. The van der Waals surface area contributed by atoms with E-state index in [1.165, 1.54) is 6.42 Å². The molecule has 1 aliphatic heterocycles. The van der Waals surface area contributed by atoms with Gasteiger partial charge >= 0.3 is 5.63 Å². The first-order valence-corrected chi connectivity index (χ1v) is 9.13. The van der Waals surface area contributed by atoms with Gasteiger partial charge in [0.15, 0.2) is 0 Å². The van der Waals surface area contributed by atoms with E-state index in [1.54, 1.807) is 6.07 Å². The van der Waals surface area contributed by atoms with Gasteiger partial charge in [0.05, 0.1) is 11.8 Å². The molecule has 0 amide bonds. The summed E-state index contributed by atoms with van der Waals surface area (Å²) in [5.74, 6) is 0.549. The molecule has 2 bridgehead atoms. The van der Waals surface area contributed by atoms with E-state index in [0.717, 1.165) is 31.2 Å². The zero-order chi connectivity index (χ0) is 17.6. The third-order valence-corrected chi connectivity index (χ3v) is 4.74. The lowest BCUT2D eigenvalue weighted by Gasteiger charge is -2.14. The van der Waals surface area contributed by atoms with Gasteiger partial charge in [0, 0.05) is 12.5 Å². The van der Waals surface area contributed by atoms with Crippen molar-refractivity contribution in [2.24, 2.45) is 4.99 Å². The van der Waals surface area contributed by atoms with Gasteiger partial charge in [0.1, 0.15) is 17.1 Å². The minimum absolute atomic E-state index is 0.00849. The second kappa shape index (κ2) is 8.15. The second-order valence-corrected chi connectivity index (χ2v) is 6.69. The Hall–Kier alpha value is -2.36. The van der Waals surface area contributed by atoms with Gasteiger partial charge in [-0.3, -0.25) is 4.99 Å². The van der Waals surface area contributed by atoms with Crippen molar-refractivity contribution in [2.45, 2.75) is 57.9 Å². The Labute approximate surface area is 148 Å². The van der Waals surface area contributed by atoms with Crippen molar-refractivity contribution in [1.29, 1.82) is 0 Å². The standard InChI is InChI=1S/C21H25NO3/c1-15(16-10-6-5-7-11-16)22-18-13-9-4-2-3-8-12-17-14-19(23)20(18)21(24)25-17/h5-7,10-11,14-15,23H,2-4,8-9,12-13H2,1H3/t15-/m1/s1. The first-order chi connectivity index (χ1) is 12.1. The van der Waals surface area contributed by atoms with Gasteiger partial charge in [-0.15, -0.1) is 0 Å². The van der Waals surface area contributed by atoms with Crippen molar-refractivity contribution < 1.29 is 9.52 Å². The summed E-state index contributed by atoms with van der Waals surface area (Å²) in [4.78, 5) is 17.2. The highest BCUT2D eigenvalue weighted by Gasteiger charge is 2.19. The lowest BCUT2D eigenvalue weighted by Crippen LogP contribution is -2.17. The Kier molecular flexibility index (Phi) is 5.69. The Morgan fingerprint density at radius 2 is 1.72 bits per heavy atom. The fourth-order valence-corrected chi connectivity index (χ4v) is 3.33. The predicted molar refractivity (Wildman–Crippen MR) is 99.4 cm³/mol. The van der Waals surface area contributed by atoms with Crippen molar-refractivity contribution in [1.82, 2.24) is 0 Å². The number of benzene rings is 1. The van der Waals surface area contributed by atoms with E-state index >= 15 is 0 Å². The second-order valence-electron chi connectivity index (χ2n) is 6.69. The summed E-state index contributed by atoms with van der Waals surface area (Å²) in [5.41, 5.74) is 1.48. The molecule has 2 aliphatic rings. The van der Waals surface area contributed by atoms with E-state index in [0.29, 0.717) is 24.3 Å². The van der Waals surface area contributed by atoms with E-state index in [-0.39, 0.29) is 17.4 Å². The summed E-state index contributed by atoms with van der Waals surface area (Å²) in [6, 6.07) is 11.5. The summed E-state index contributed by atoms with van der Waals surface area (Å²) in [7, 11) is 0. The highest BCUT2D eigenvalue weighted by atomic mass is 16.4. The first-order valence-electron chi connectivity index (χ1n) is 9.13. The van der Waals surface area contributed by atoms with Crippen LogP contribution in [0.5, 0.6) is 5.75 Å². The lowest BCUT2D eigenvalue weighted by molar-refractivity contribution is 0.414. The number of aryl methyl sites for hydroxylation is 1. The Morgan fingerprint density at radius 3 is 2.44 bits per heavy atom. The molecule has 1 aromatic heterocycles. The quantitative estimate of drug-likeness (QED) is 0.855. The van der Waals surface area contributed by atoms with Crippen molar-refractivity contribution in [3.05, 3.63) is 63.7 Å². The van der Waals surface area contributed by atoms with Crippen LogP contribution in [0.2, 0.25) is 0 Å². The molecule has 4 nitrogen and oxygen atoms in total. The Balaban J connectivity index is 2.02. The molecule has 0 saturated carbocycles. The van der Waals surface area contributed by atoms with Gasteiger partial charge in [0.25, 0.3) is 0 Å². The van der Waals surface area contributed by atoms with E-state index in [4.69, 9.17) is 9.41 Å². The minimum Gasteiger partial charge on any atom is -0.507 e. The van der Waals surface area contributed by atoms with Crippen LogP contribution in [0.15, 0.2) is 50.6 Å². The van der Waals surface area contributed by atoms with Crippen molar-refractivity contribution in [3.63, 3.8) is 0 Å². The molecule has 132 valence electrons. The summed E-state index contributed by atoms with van der Waals surface area (Å²) >= 11 is 0. The molecule has 1 N–H and O–H groups in total. The summed E-state index contributed by atoms with van der Waals surface area (Å²) in [5, 5.41) is 10.4. The topological polar surface area (TPSA) is 62.8 Å². The van der Waals surface area contributed by atoms with Gasteiger partial charge < -0.3 is 9.52 Å². The monoisotopic (exact) mass is 339 g/mol. The van der Waals surface area contributed by atoms with Crippen LogP contribution in [0, 0.1) is 0 Å². The van der Waals surface area contributed by atoms with Gasteiger partial charge in [-0.1, -0.05) is 49.6 Å². The smallest absolute Gasteiger partial charge is 0.348 e. The molecular weight excluding hydrogens is 314 g/mol. The predicted octanol–water partition coefficient (Wildman–Crippen LogP) is 4.79. The zero-order valence-corrected chi connectivity index (χ0v) is 14.7. The molecule has 0 spiro atoms. The fourth-order valence-electron chi connectivity index (χ4n) is 3.33. The number of aromatic hydroxyl groups is 1. The molecule has 0 radical (unpaired) electrons. The number of aliphatic imine (C=N–C) groups is 1. The van der Waals surface area contributed by atoms with E-state index in [2.05, 4.69) is 0 Å². The van der Waals surface area contributed by atoms with Crippen LogP contribution >= 0.6 is 0 Å². The number of fused-ring (bicyclic) bond motifs is 9.